The van der Waals surface area contributed by atoms with Gasteiger partial charge in [-0.25, -0.2) is 0 Å². The Labute approximate surface area is 121 Å². The highest BCUT2D eigenvalue weighted by Crippen LogP contribution is 2.27. The van der Waals surface area contributed by atoms with Crippen LogP contribution in [0.1, 0.15) is 28.4 Å². The van der Waals surface area contributed by atoms with Gasteiger partial charge in [-0.2, -0.15) is 25.3 Å². The van der Waals surface area contributed by atoms with Crippen LogP contribution in [0.4, 0.5) is 0 Å². The van der Waals surface area contributed by atoms with Crippen LogP contribution in [0.5, 0.6) is 0 Å². The van der Waals surface area contributed by atoms with Crippen LogP contribution in [0, 0.1) is 0 Å². The van der Waals surface area contributed by atoms with Crippen molar-refractivity contribution in [3.05, 3.63) is 34.9 Å². The minimum absolute atomic E-state index is 0.270. The summed E-state index contributed by atoms with van der Waals surface area (Å²) >= 11 is 11.9. The molecule has 2 nitrogen and oxygen atoms in total. The summed E-state index contributed by atoms with van der Waals surface area (Å²) in [5.41, 5.74) is 3.03. The monoisotopic (exact) mass is 334 g/mol. The van der Waals surface area contributed by atoms with Crippen molar-refractivity contribution in [3.8, 4) is 0 Å². The SMILES string of the molecule is CCOC(=O)C(Br)c1cc(CS)cc(CS)c1. The van der Waals surface area contributed by atoms with Gasteiger partial charge in [-0.1, -0.05) is 34.1 Å². The molecule has 0 saturated heterocycles. The average Bonchev–Trinajstić information content (AvgIpc) is 2.37. The number of halogens is 1. The molecule has 1 unspecified atom stereocenters. The van der Waals surface area contributed by atoms with Crippen molar-refractivity contribution in [1.29, 1.82) is 0 Å². The van der Waals surface area contributed by atoms with E-state index in [2.05, 4.69) is 41.2 Å². The maximum atomic E-state index is 11.6. The number of ether oxygens (including phenoxy) is 1. The minimum atomic E-state index is -0.430. The molecule has 0 aliphatic carbocycles. The lowest BCUT2D eigenvalue weighted by Gasteiger charge is -2.12. The molecule has 94 valence electrons. The Morgan fingerprint density at radius 2 is 1.82 bits per heavy atom. The van der Waals surface area contributed by atoms with Crippen molar-refractivity contribution in [2.45, 2.75) is 23.3 Å². The molecule has 0 amide bonds. The van der Waals surface area contributed by atoms with Gasteiger partial charge in [0.2, 0.25) is 0 Å². The van der Waals surface area contributed by atoms with Gasteiger partial charge in [0, 0.05) is 11.5 Å². The van der Waals surface area contributed by atoms with Crippen LogP contribution in [-0.2, 0) is 21.0 Å². The number of hydrogen-bond donors (Lipinski definition) is 2. The van der Waals surface area contributed by atoms with Crippen LogP contribution < -0.4 is 0 Å². The zero-order chi connectivity index (χ0) is 12.8. The number of rotatable bonds is 5. The highest BCUT2D eigenvalue weighted by molar-refractivity contribution is 9.09. The van der Waals surface area contributed by atoms with Gasteiger partial charge < -0.3 is 4.74 Å². The highest BCUT2D eigenvalue weighted by Gasteiger charge is 2.19. The molecule has 0 saturated carbocycles. The van der Waals surface area contributed by atoms with Gasteiger partial charge in [0.25, 0.3) is 0 Å². The van der Waals surface area contributed by atoms with Crippen LogP contribution in [0.3, 0.4) is 0 Å². The molecule has 0 fully saturated rings. The predicted molar refractivity (Wildman–Crippen MR) is 80.1 cm³/mol. The predicted octanol–water partition coefficient (Wildman–Crippen LogP) is 3.55. The number of hydrogen-bond acceptors (Lipinski definition) is 4. The molecule has 1 atom stereocenters. The minimum Gasteiger partial charge on any atom is -0.465 e. The van der Waals surface area contributed by atoms with Crippen LogP contribution >= 0.6 is 41.2 Å². The lowest BCUT2D eigenvalue weighted by molar-refractivity contribution is -0.142. The number of esters is 1. The van der Waals surface area contributed by atoms with Crippen LogP contribution in [0.2, 0.25) is 0 Å². The molecular formula is C12H15BrO2S2. The molecular weight excluding hydrogens is 320 g/mol. The van der Waals surface area contributed by atoms with Gasteiger partial charge in [-0.3, -0.25) is 4.79 Å². The first-order valence-corrected chi connectivity index (χ1v) is 7.45. The summed E-state index contributed by atoms with van der Waals surface area (Å²) in [6.45, 7) is 2.17. The molecule has 0 spiro atoms. The first-order chi connectivity index (χ1) is 8.12. The van der Waals surface area contributed by atoms with Crippen molar-refractivity contribution >= 4 is 47.2 Å². The summed E-state index contributed by atoms with van der Waals surface area (Å²) in [6.07, 6.45) is 0. The molecule has 0 heterocycles. The van der Waals surface area contributed by atoms with Crippen molar-refractivity contribution in [1.82, 2.24) is 0 Å². The molecule has 17 heavy (non-hydrogen) atoms. The Balaban J connectivity index is 2.99. The second-order valence-electron chi connectivity index (χ2n) is 3.51. The molecule has 0 radical (unpaired) electrons. The maximum absolute atomic E-state index is 11.6. The quantitative estimate of drug-likeness (QED) is 0.489. The largest absolute Gasteiger partial charge is 0.465 e. The van der Waals surface area contributed by atoms with Gasteiger partial charge in [0.1, 0.15) is 4.83 Å². The Morgan fingerprint density at radius 3 is 2.24 bits per heavy atom. The van der Waals surface area contributed by atoms with E-state index in [1.807, 2.05) is 18.2 Å². The van der Waals surface area contributed by atoms with Crippen LogP contribution in [-0.4, -0.2) is 12.6 Å². The molecule has 0 aromatic heterocycles. The third kappa shape index (κ3) is 4.23. The van der Waals surface area contributed by atoms with Gasteiger partial charge in [0.05, 0.1) is 6.61 Å². The Hall–Kier alpha value is -0.130. The fourth-order valence-corrected chi connectivity index (χ4v) is 2.23. The van der Waals surface area contributed by atoms with E-state index < -0.39 is 4.83 Å². The summed E-state index contributed by atoms with van der Waals surface area (Å²) in [5.74, 6) is 1.00. The molecule has 0 bridgehead atoms. The number of benzene rings is 1. The van der Waals surface area contributed by atoms with Gasteiger partial charge in [0.15, 0.2) is 0 Å². The van der Waals surface area contributed by atoms with Gasteiger partial charge in [-0.15, -0.1) is 0 Å². The second kappa shape index (κ2) is 7.34. The lowest BCUT2D eigenvalue weighted by atomic mass is 10.0. The van der Waals surface area contributed by atoms with E-state index in [0.717, 1.165) is 16.7 Å². The Kier molecular flexibility index (Phi) is 6.44. The number of alkyl halides is 1. The zero-order valence-electron chi connectivity index (χ0n) is 9.52. The fraction of sp³-hybridized carbons (Fsp3) is 0.417. The van der Waals surface area contributed by atoms with E-state index in [1.54, 1.807) is 6.92 Å². The Morgan fingerprint density at radius 1 is 1.29 bits per heavy atom. The van der Waals surface area contributed by atoms with Gasteiger partial charge >= 0.3 is 5.97 Å². The summed E-state index contributed by atoms with van der Waals surface area (Å²) in [7, 11) is 0. The molecule has 0 N–H and O–H groups in total. The van der Waals surface area contributed by atoms with Crippen LogP contribution in [0.25, 0.3) is 0 Å². The number of thiol groups is 2. The lowest BCUT2D eigenvalue weighted by Crippen LogP contribution is -2.11. The summed E-state index contributed by atoms with van der Waals surface area (Å²) < 4.78 is 4.98. The van der Waals surface area contributed by atoms with E-state index in [0.29, 0.717) is 18.1 Å². The molecule has 5 heteroatoms. The Bertz CT molecular complexity index is 374. The van der Waals surface area contributed by atoms with Crippen LogP contribution in [0.15, 0.2) is 18.2 Å². The van der Waals surface area contributed by atoms with Crippen molar-refractivity contribution in [2.75, 3.05) is 6.61 Å². The standard InChI is InChI=1S/C12H15BrO2S2/c1-2-15-12(14)11(13)10-4-8(6-16)3-9(5-10)7-17/h3-5,11,16-17H,2,6-7H2,1H3. The van der Waals surface area contributed by atoms with Crippen molar-refractivity contribution in [2.24, 2.45) is 0 Å². The molecule has 0 aliphatic heterocycles. The van der Waals surface area contributed by atoms with E-state index in [9.17, 15) is 4.79 Å². The zero-order valence-corrected chi connectivity index (χ0v) is 12.9. The molecule has 1 rings (SSSR count). The summed E-state index contributed by atoms with van der Waals surface area (Å²) in [4.78, 5) is 11.2. The third-order valence-corrected chi connectivity index (χ3v) is 3.86. The molecule has 1 aromatic carbocycles. The van der Waals surface area contributed by atoms with E-state index >= 15 is 0 Å². The summed E-state index contributed by atoms with van der Waals surface area (Å²) in [5, 5.41) is 0. The normalized spacial score (nSPS) is 12.2. The first kappa shape index (κ1) is 14.9. The highest BCUT2D eigenvalue weighted by atomic mass is 79.9. The fourth-order valence-electron chi connectivity index (χ4n) is 1.47. The number of carbonyl (C=O) groups is 1. The van der Waals surface area contributed by atoms with E-state index in [-0.39, 0.29) is 5.97 Å². The second-order valence-corrected chi connectivity index (χ2v) is 5.06. The van der Waals surface area contributed by atoms with Gasteiger partial charge in [-0.05, 0) is 23.6 Å². The topological polar surface area (TPSA) is 26.3 Å². The average molecular weight is 335 g/mol. The summed E-state index contributed by atoms with van der Waals surface area (Å²) in [6, 6.07) is 5.95. The van der Waals surface area contributed by atoms with Crippen molar-refractivity contribution < 1.29 is 9.53 Å². The maximum Gasteiger partial charge on any atom is 0.324 e. The van der Waals surface area contributed by atoms with E-state index in [1.165, 1.54) is 0 Å². The third-order valence-electron chi connectivity index (χ3n) is 2.23. The first-order valence-electron chi connectivity index (χ1n) is 5.27. The van der Waals surface area contributed by atoms with E-state index in [4.69, 9.17) is 4.74 Å². The number of carbonyl (C=O) groups excluding carboxylic acids is 1. The smallest absolute Gasteiger partial charge is 0.324 e. The van der Waals surface area contributed by atoms with Crippen molar-refractivity contribution in [3.63, 3.8) is 0 Å². The molecule has 0 aliphatic rings. The molecule has 1 aromatic rings.